The van der Waals surface area contributed by atoms with Crippen molar-refractivity contribution < 1.29 is 24.5 Å². The molecule has 0 aromatic heterocycles. The van der Waals surface area contributed by atoms with Crippen LogP contribution in [0.3, 0.4) is 0 Å². The van der Waals surface area contributed by atoms with E-state index < -0.39 is 18.2 Å². The van der Waals surface area contributed by atoms with Gasteiger partial charge in [0, 0.05) is 6.42 Å². The SMILES string of the molecule is CC/C=C/C=C/C=C\C=C/CCCCCC(=O)OC(CCCCCCC/C=C/CCCCCCCC)CC(=O)NC(CO)C(O)CCCCCCCCCCC. The van der Waals surface area contributed by atoms with E-state index in [1.165, 1.54) is 96.3 Å². The van der Waals surface area contributed by atoms with Crippen molar-refractivity contribution in [2.24, 2.45) is 0 Å². The highest BCUT2D eigenvalue weighted by Gasteiger charge is 2.24. The van der Waals surface area contributed by atoms with E-state index in [2.05, 4.69) is 56.5 Å². The Balaban J connectivity index is 4.69. The molecule has 0 saturated heterocycles. The maximum atomic E-state index is 13.1. The Labute approximate surface area is 346 Å². The number of nitrogens with one attached hydrogen (secondary N) is 1. The van der Waals surface area contributed by atoms with Crippen molar-refractivity contribution in [3.63, 3.8) is 0 Å². The van der Waals surface area contributed by atoms with E-state index in [-0.39, 0.29) is 24.9 Å². The fourth-order valence-corrected chi connectivity index (χ4v) is 6.85. The zero-order valence-corrected chi connectivity index (χ0v) is 36.8. The number of aliphatic hydroxyl groups is 2. The minimum atomic E-state index is -0.796. The molecule has 0 aliphatic heterocycles. The second-order valence-electron chi connectivity index (χ2n) is 15.9. The minimum Gasteiger partial charge on any atom is -0.462 e. The van der Waals surface area contributed by atoms with Crippen molar-refractivity contribution in [2.45, 2.75) is 238 Å². The molecule has 6 heteroatoms. The van der Waals surface area contributed by atoms with Gasteiger partial charge in [0.15, 0.2) is 0 Å². The first-order valence-corrected chi connectivity index (χ1v) is 23.6. The Morgan fingerprint density at radius 2 is 0.982 bits per heavy atom. The minimum absolute atomic E-state index is 0.0543. The van der Waals surface area contributed by atoms with Gasteiger partial charge in [-0.3, -0.25) is 9.59 Å². The van der Waals surface area contributed by atoms with Crippen LogP contribution in [0, 0.1) is 0 Å². The molecule has 0 heterocycles. The molecule has 0 aliphatic carbocycles. The maximum absolute atomic E-state index is 13.1. The first-order valence-electron chi connectivity index (χ1n) is 23.6. The fraction of sp³-hybridized carbons (Fsp3) is 0.760. The number of carbonyl (C=O) groups is 2. The normalized spacial score (nSPS) is 13.9. The van der Waals surface area contributed by atoms with Gasteiger partial charge in [-0.1, -0.05) is 197 Å². The van der Waals surface area contributed by atoms with Crippen molar-refractivity contribution in [3.05, 3.63) is 60.8 Å². The summed E-state index contributed by atoms with van der Waals surface area (Å²) in [5.74, 6) is -0.531. The van der Waals surface area contributed by atoms with Gasteiger partial charge in [0.05, 0.1) is 25.2 Å². The molecular formula is C50H89NO5. The highest BCUT2D eigenvalue weighted by Crippen LogP contribution is 2.17. The molecule has 3 atom stereocenters. The third-order valence-corrected chi connectivity index (χ3v) is 10.4. The molecule has 0 bridgehead atoms. The molecule has 0 radical (unpaired) electrons. The van der Waals surface area contributed by atoms with E-state index in [1.807, 2.05) is 30.4 Å². The Hall–Kier alpha value is -2.44. The molecule has 0 saturated carbocycles. The summed E-state index contributed by atoms with van der Waals surface area (Å²) >= 11 is 0. The molecule has 56 heavy (non-hydrogen) atoms. The van der Waals surface area contributed by atoms with Gasteiger partial charge in [0.2, 0.25) is 5.91 Å². The van der Waals surface area contributed by atoms with E-state index in [0.29, 0.717) is 19.3 Å². The number of unbranched alkanes of at least 4 members (excludes halogenated alkanes) is 22. The zero-order valence-electron chi connectivity index (χ0n) is 36.8. The number of allylic oxidation sites excluding steroid dienone is 10. The van der Waals surface area contributed by atoms with Crippen LogP contribution in [0.15, 0.2) is 60.8 Å². The average Bonchev–Trinajstić information content (AvgIpc) is 3.19. The summed E-state index contributed by atoms with van der Waals surface area (Å²) in [4.78, 5) is 26.0. The number of rotatable bonds is 41. The highest BCUT2D eigenvalue weighted by molar-refractivity contribution is 5.77. The first-order chi connectivity index (χ1) is 27.5. The van der Waals surface area contributed by atoms with Gasteiger partial charge in [0.1, 0.15) is 6.10 Å². The molecule has 3 unspecified atom stereocenters. The molecule has 1 amide bonds. The molecular weight excluding hydrogens is 695 g/mol. The standard InChI is InChI=1S/C50H89NO5/c1-4-7-10-13-16-19-21-23-24-26-27-30-32-35-38-41-46(56-50(55)43-40-37-34-31-28-25-22-20-17-14-11-8-5-2)44-49(54)51-47(45-52)48(53)42-39-36-33-29-18-15-12-9-6-3/h8,11,14,17,20,22-25,28,46-48,52-53H,4-7,9-10,12-13,15-16,18-19,21,26-27,29-45H2,1-3H3,(H,51,54)/b11-8+,17-14+,22-20-,24-23+,28-25-. The third kappa shape index (κ3) is 38.4. The van der Waals surface area contributed by atoms with Crippen LogP contribution in [0.5, 0.6) is 0 Å². The Morgan fingerprint density at radius 3 is 1.52 bits per heavy atom. The van der Waals surface area contributed by atoms with E-state index in [4.69, 9.17) is 4.74 Å². The van der Waals surface area contributed by atoms with Gasteiger partial charge >= 0.3 is 5.97 Å². The van der Waals surface area contributed by atoms with Crippen LogP contribution in [0.4, 0.5) is 0 Å². The van der Waals surface area contributed by atoms with Crippen molar-refractivity contribution in [1.82, 2.24) is 5.32 Å². The number of hydrogen-bond donors (Lipinski definition) is 3. The zero-order chi connectivity index (χ0) is 41.0. The summed E-state index contributed by atoms with van der Waals surface area (Å²) in [5, 5.41) is 23.6. The van der Waals surface area contributed by atoms with Crippen molar-refractivity contribution in [3.8, 4) is 0 Å². The largest absolute Gasteiger partial charge is 0.462 e. The summed E-state index contributed by atoms with van der Waals surface area (Å²) < 4.78 is 5.89. The van der Waals surface area contributed by atoms with Gasteiger partial charge < -0.3 is 20.3 Å². The number of esters is 1. The number of amides is 1. The van der Waals surface area contributed by atoms with Crippen molar-refractivity contribution in [2.75, 3.05) is 6.61 Å². The molecule has 0 fully saturated rings. The summed E-state index contributed by atoms with van der Waals surface area (Å²) in [6.45, 7) is 6.30. The fourth-order valence-electron chi connectivity index (χ4n) is 6.85. The van der Waals surface area contributed by atoms with Crippen LogP contribution >= 0.6 is 0 Å². The summed E-state index contributed by atoms with van der Waals surface area (Å²) in [6.07, 6.45) is 52.8. The van der Waals surface area contributed by atoms with Crippen LogP contribution < -0.4 is 5.32 Å². The number of carbonyl (C=O) groups excluding carboxylic acids is 2. The van der Waals surface area contributed by atoms with Crippen LogP contribution in [0.25, 0.3) is 0 Å². The molecule has 0 aromatic rings. The molecule has 0 aliphatic rings. The van der Waals surface area contributed by atoms with Crippen molar-refractivity contribution in [1.29, 1.82) is 0 Å². The van der Waals surface area contributed by atoms with Gasteiger partial charge in [-0.2, -0.15) is 0 Å². The summed E-state index contributed by atoms with van der Waals surface area (Å²) in [7, 11) is 0. The molecule has 0 rings (SSSR count). The lowest BCUT2D eigenvalue weighted by Crippen LogP contribution is -2.46. The van der Waals surface area contributed by atoms with E-state index in [0.717, 1.165) is 77.0 Å². The number of aliphatic hydroxyl groups excluding tert-OH is 2. The molecule has 0 aromatic carbocycles. The van der Waals surface area contributed by atoms with Crippen LogP contribution in [-0.4, -0.2) is 46.9 Å². The molecule has 6 nitrogen and oxygen atoms in total. The smallest absolute Gasteiger partial charge is 0.306 e. The van der Waals surface area contributed by atoms with Gasteiger partial charge in [-0.25, -0.2) is 0 Å². The second-order valence-corrected chi connectivity index (χ2v) is 15.9. The van der Waals surface area contributed by atoms with E-state index in [1.54, 1.807) is 0 Å². The lowest BCUT2D eigenvalue weighted by molar-refractivity contribution is -0.151. The quantitative estimate of drug-likeness (QED) is 0.0248. The van der Waals surface area contributed by atoms with Gasteiger partial charge in [-0.15, -0.1) is 0 Å². The molecule has 324 valence electrons. The maximum Gasteiger partial charge on any atom is 0.306 e. The van der Waals surface area contributed by atoms with E-state index in [9.17, 15) is 19.8 Å². The number of ether oxygens (including phenoxy) is 1. The van der Waals surface area contributed by atoms with Crippen LogP contribution in [0.1, 0.15) is 220 Å². The Kier molecular flexibility index (Phi) is 41.8. The van der Waals surface area contributed by atoms with Crippen molar-refractivity contribution >= 4 is 11.9 Å². The lowest BCUT2D eigenvalue weighted by atomic mass is 10.0. The average molecular weight is 784 g/mol. The summed E-state index contributed by atoms with van der Waals surface area (Å²) in [5.41, 5.74) is 0. The van der Waals surface area contributed by atoms with E-state index >= 15 is 0 Å². The predicted octanol–water partition coefficient (Wildman–Crippen LogP) is 13.7. The topological polar surface area (TPSA) is 95.9 Å². The van der Waals surface area contributed by atoms with Crippen LogP contribution in [0.2, 0.25) is 0 Å². The second kappa shape index (κ2) is 43.7. The Morgan fingerprint density at radius 1 is 0.536 bits per heavy atom. The molecule has 0 spiro atoms. The lowest BCUT2D eigenvalue weighted by Gasteiger charge is -2.24. The predicted molar refractivity (Wildman–Crippen MR) is 241 cm³/mol. The highest BCUT2D eigenvalue weighted by atomic mass is 16.5. The molecule has 3 N–H and O–H groups in total. The third-order valence-electron chi connectivity index (χ3n) is 10.4. The Bertz CT molecular complexity index is 1010. The van der Waals surface area contributed by atoms with Gasteiger partial charge in [-0.05, 0) is 70.6 Å². The summed E-state index contributed by atoms with van der Waals surface area (Å²) in [6, 6.07) is -0.711. The van der Waals surface area contributed by atoms with Gasteiger partial charge in [0.25, 0.3) is 0 Å². The first kappa shape index (κ1) is 53.6. The van der Waals surface area contributed by atoms with Crippen LogP contribution in [-0.2, 0) is 14.3 Å². The monoisotopic (exact) mass is 784 g/mol. The number of hydrogen-bond acceptors (Lipinski definition) is 5.